The normalized spacial score (nSPS) is 16.2. The van der Waals surface area contributed by atoms with Gasteiger partial charge in [-0.15, -0.1) is 0 Å². The maximum Gasteiger partial charge on any atom is 0.416 e. The minimum atomic E-state index is -4.32. The molecule has 1 fully saturated rings. The summed E-state index contributed by atoms with van der Waals surface area (Å²) in [6.45, 7) is 4.04. The number of hydrogen-bond acceptors (Lipinski definition) is 4. The molecule has 0 N–H and O–H groups in total. The summed E-state index contributed by atoms with van der Waals surface area (Å²) in [4.78, 5) is 4.35. The van der Waals surface area contributed by atoms with Crippen LogP contribution in [-0.2, 0) is 19.3 Å². The second-order valence-electron chi connectivity index (χ2n) is 6.86. The van der Waals surface area contributed by atoms with E-state index in [9.17, 15) is 13.2 Å². The van der Waals surface area contributed by atoms with Crippen LogP contribution in [0, 0.1) is 0 Å². The van der Waals surface area contributed by atoms with Gasteiger partial charge in [0.25, 0.3) is 0 Å². The number of piperazine rings is 1. The molecule has 1 heterocycles. The van der Waals surface area contributed by atoms with Crippen LogP contribution >= 0.6 is 0 Å². The van der Waals surface area contributed by atoms with E-state index >= 15 is 0 Å². The molecule has 7 heteroatoms. The van der Waals surface area contributed by atoms with Crippen molar-refractivity contribution in [2.24, 2.45) is 0 Å². The van der Waals surface area contributed by atoms with Gasteiger partial charge in [-0.2, -0.15) is 13.2 Å². The third-order valence-corrected chi connectivity index (χ3v) is 5.06. The first-order chi connectivity index (χ1) is 13.4. The average Bonchev–Trinajstić information content (AvgIpc) is 2.69. The molecule has 0 spiro atoms. The molecule has 0 amide bonds. The van der Waals surface area contributed by atoms with Crippen LogP contribution in [-0.4, -0.2) is 50.2 Å². The fourth-order valence-corrected chi connectivity index (χ4v) is 3.60. The molecule has 3 rings (SSSR count). The van der Waals surface area contributed by atoms with Crippen molar-refractivity contribution in [2.75, 3.05) is 40.4 Å². The minimum absolute atomic E-state index is 0.312. The Morgan fingerprint density at radius 1 is 0.786 bits per heavy atom. The maximum atomic E-state index is 13.2. The highest BCUT2D eigenvalue weighted by Gasteiger charge is 2.33. The fourth-order valence-electron chi connectivity index (χ4n) is 3.60. The van der Waals surface area contributed by atoms with E-state index in [0.717, 1.165) is 43.6 Å². The number of ether oxygens (including phenoxy) is 2. The van der Waals surface area contributed by atoms with Gasteiger partial charge in [-0.1, -0.05) is 30.3 Å². The van der Waals surface area contributed by atoms with Crippen LogP contribution in [0.1, 0.15) is 16.7 Å². The van der Waals surface area contributed by atoms with Crippen molar-refractivity contribution >= 4 is 0 Å². The van der Waals surface area contributed by atoms with E-state index in [-0.39, 0.29) is 0 Å². The summed E-state index contributed by atoms with van der Waals surface area (Å²) < 4.78 is 50.4. The highest BCUT2D eigenvalue weighted by molar-refractivity contribution is 5.46. The SMILES string of the molecule is COc1cccc(CN2CCN(Cc3ccccc3C(F)(F)F)CC2)c1OC. The zero-order valence-electron chi connectivity index (χ0n) is 16.1. The molecule has 1 aliphatic heterocycles. The van der Waals surface area contributed by atoms with Crippen LogP contribution in [0.25, 0.3) is 0 Å². The number of methoxy groups -OCH3 is 2. The van der Waals surface area contributed by atoms with E-state index in [1.165, 1.54) is 6.07 Å². The number of rotatable bonds is 6. The largest absolute Gasteiger partial charge is 0.493 e. The fraction of sp³-hybridized carbons (Fsp3) is 0.429. The molecule has 0 atom stereocenters. The van der Waals surface area contributed by atoms with Crippen LogP contribution in [0.3, 0.4) is 0 Å². The van der Waals surface area contributed by atoms with Crippen molar-refractivity contribution in [2.45, 2.75) is 19.3 Å². The standard InChI is InChI=1S/C21H25F3N2O2/c1-27-19-9-5-7-17(20(19)28-2)15-26-12-10-25(11-13-26)14-16-6-3-4-8-18(16)21(22,23)24/h3-9H,10-15H2,1-2H3. The molecular formula is C21H25F3N2O2. The summed E-state index contributed by atoms with van der Waals surface area (Å²) in [6, 6.07) is 11.6. The van der Waals surface area contributed by atoms with Crippen LogP contribution in [0.5, 0.6) is 11.5 Å². The molecule has 28 heavy (non-hydrogen) atoms. The van der Waals surface area contributed by atoms with E-state index in [2.05, 4.69) is 9.80 Å². The Balaban J connectivity index is 1.61. The lowest BCUT2D eigenvalue weighted by Gasteiger charge is -2.35. The molecule has 1 saturated heterocycles. The van der Waals surface area contributed by atoms with E-state index < -0.39 is 11.7 Å². The lowest BCUT2D eigenvalue weighted by molar-refractivity contribution is -0.138. The summed E-state index contributed by atoms with van der Waals surface area (Å²) in [5.74, 6) is 1.42. The molecule has 0 saturated carbocycles. The molecule has 2 aromatic rings. The Morgan fingerprint density at radius 3 is 1.93 bits per heavy atom. The Hall–Kier alpha value is -2.25. The summed E-state index contributed by atoms with van der Waals surface area (Å²) >= 11 is 0. The number of hydrogen-bond donors (Lipinski definition) is 0. The quantitative estimate of drug-likeness (QED) is 0.738. The first-order valence-electron chi connectivity index (χ1n) is 9.22. The number of benzene rings is 2. The molecular weight excluding hydrogens is 369 g/mol. The third kappa shape index (κ3) is 4.77. The van der Waals surface area contributed by atoms with Crippen molar-refractivity contribution < 1.29 is 22.6 Å². The van der Waals surface area contributed by atoms with Gasteiger partial charge in [-0.05, 0) is 17.7 Å². The average molecular weight is 394 g/mol. The van der Waals surface area contributed by atoms with Gasteiger partial charge in [0, 0.05) is 44.8 Å². The summed E-state index contributed by atoms with van der Waals surface area (Å²) in [5, 5.41) is 0. The van der Waals surface area contributed by atoms with Gasteiger partial charge in [-0.25, -0.2) is 0 Å². The zero-order valence-corrected chi connectivity index (χ0v) is 16.1. The number of alkyl halides is 3. The molecule has 152 valence electrons. The predicted molar refractivity (Wildman–Crippen MR) is 102 cm³/mol. The number of nitrogens with zero attached hydrogens (tertiary/aromatic N) is 2. The molecule has 0 radical (unpaired) electrons. The minimum Gasteiger partial charge on any atom is -0.493 e. The first-order valence-corrected chi connectivity index (χ1v) is 9.22. The summed E-state index contributed by atoms with van der Waals surface area (Å²) in [6.07, 6.45) is -4.32. The highest BCUT2D eigenvalue weighted by Crippen LogP contribution is 2.33. The van der Waals surface area contributed by atoms with Gasteiger partial charge in [0.1, 0.15) is 0 Å². The Bertz CT molecular complexity index is 787. The molecule has 0 aliphatic carbocycles. The van der Waals surface area contributed by atoms with Gasteiger partial charge in [0.15, 0.2) is 11.5 Å². The second-order valence-corrected chi connectivity index (χ2v) is 6.86. The van der Waals surface area contributed by atoms with Gasteiger partial charge in [0.05, 0.1) is 19.8 Å². The molecule has 1 aliphatic rings. The molecule has 0 bridgehead atoms. The van der Waals surface area contributed by atoms with Crippen molar-refractivity contribution in [3.63, 3.8) is 0 Å². The van der Waals surface area contributed by atoms with Crippen LogP contribution in [0.4, 0.5) is 13.2 Å². The third-order valence-electron chi connectivity index (χ3n) is 5.06. The van der Waals surface area contributed by atoms with E-state index in [1.807, 2.05) is 18.2 Å². The van der Waals surface area contributed by atoms with Crippen LogP contribution in [0.2, 0.25) is 0 Å². The van der Waals surface area contributed by atoms with Gasteiger partial charge < -0.3 is 9.47 Å². The maximum absolute atomic E-state index is 13.2. The monoisotopic (exact) mass is 394 g/mol. The van der Waals surface area contributed by atoms with Crippen molar-refractivity contribution in [1.29, 1.82) is 0 Å². The lowest BCUT2D eigenvalue weighted by Crippen LogP contribution is -2.45. The Labute approximate surface area is 163 Å². The zero-order chi connectivity index (χ0) is 20.1. The first kappa shape index (κ1) is 20.5. The van der Waals surface area contributed by atoms with Crippen molar-refractivity contribution in [3.8, 4) is 11.5 Å². The summed E-state index contributed by atoms with van der Waals surface area (Å²) in [7, 11) is 3.23. The van der Waals surface area contributed by atoms with Gasteiger partial charge >= 0.3 is 6.18 Å². The van der Waals surface area contributed by atoms with Gasteiger partial charge in [0.2, 0.25) is 0 Å². The number of para-hydroxylation sites is 1. The molecule has 4 nitrogen and oxygen atoms in total. The topological polar surface area (TPSA) is 24.9 Å². The number of halogens is 3. The molecule has 2 aromatic carbocycles. The lowest BCUT2D eigenvalue weighted by atomic mass is 10.1. The second kappa shape index (κ2) is 8.84. The van der Waals surface area contributed by atoms with E-state index in [4.69, 9.17) is 9.47 Å². The van der Waals surface area contributed by atoms with Crippen molar-refractivity contribution in [1.82, 2.24) is 9.80 Å². The van der Waals surface area contributed by atoms with E-state index in [1.54, 1.807) is 26.4 Å². The highest BCUT2D eigenvalue weighted by atomic mass is 19.4. The predicted octanol–water partition coefficient (Wildman–Crippen LogP) is 4.04. The van der Waals surface area contributed by atoms with Crippen LogP contribution in [0.15, 0.2) is 42.5 Å². The Morgan fingerprint density at radius 2 is 1.36 bits per heavy atom. The smallest absolute Gasteiger partial charge is 0.416 e. The molecule has 0 unspecified atom stereocenters. The van der Waals surface area contributed by atoms with E-state index in [0.29, 0.717) is 24.4 Å². The molecule has 0 aromatic heterocycles. The van der Waals surface area contributed by atoms with Crippen molar-refractivity contribution in [3.05, 3.63) is 59.2 Å². The van der Waals surface area contributed by atoms with Crippen LogP contribution < -0.4 is 9.47 Å². The Kier molecular flexibility index (Phi) is 6.46. The van der Waals surface area contributed by atoms with Gasteiger partial charge in [-0.3, -0.25) is 9.80 Å². The summed E-state index contributed by atoms with van der Waals surface area (Å²) in [5.41, 5.74) is 0.828.